The molecule has 0 fully saturated rings. The number of rotatable bonds is 3. The van der Waals surface area contributed by atoms with Crippen LogP contribution in [0, 0.1) is 11.8 Å². The third-order valence-electron chi connectivity index (χ3n) is 3.56. The lowest BCUT2D eigenvalue weighted by molar-refractivity contribution is 0.171. The quantitative estimate of drug-likeness (QED) is 0.692. The van der Waals surface area contributed by atoms with Crippen LogP contribution in [-0.2, 0) is 0 Å². The first kappa shape index (κ1) is 15.2. The highest BCUT2D eigenvalue weighted by molar-refractivity contribution is 5.56. The van der Waals surface area contributed by atoms with Gasteiger partial charge in [0.15, 0.2) is 11.5 Å². The van der Waals surface area contributed by atoms with Gasteiger partial charge in [-0.15, -0.1) is 6.58 Å². The summed E-state index contributed by atoms with van der Waals surface area (Å²) in [6.45, 7) is 5.95. The Kier molecular flexibility index (Phi) is 4.36. The van der Waals surface area contributed by atoms with E-state index >= 15 is 0 Å². The minimum atomic E-state index is -0.665. The van der Waals surface area contributed by atoms with E-state index in [-0.39, 0.29) is 6.79 Å². The summed E-state index contributed by atoms with van der Waals surface area (Å²) in [5.74, 6) is 7.56. The van der Waals surface area contributed by atoms with E-state index in [1.165, 1.54) is 0 Å². The molecule has 1 N–H and O–H groups in total. The Morgan fingerprint density at radius 3 is 2.57 bits per heavy atom. The highest BCUT2D eigenvalue weighted by atomic mass is 16.7. The first-order valence-electron chi connectivity index (χ1n) is 7.46. The maximum atomic E-state index is 10.5. The molecule has 1 aliphatic rings. The molecule has 0 bridgehead atoms. The molecule has 0 amide bonds. The highest BCUT2D eigenvalue weighted by Gasteiger charge is 2.20. The Hall–Kier alpha value is -2.70. The molecule has 0 radical (unpaired) electrons. The fraction of sp³-hybridized carbons (Fsp3) is 0.200. The van der Waals surface area contributed by atoms with Crippen molar-refractivity contribution in [1.82, 2.24) is 0 Å². The minimum Gasteiger partial charge on any atom is -0.454 e. The van der Waals surface area contributed by atoms with E-state index in [2.05, 4.69) is 18.4 Å². The van der Waals surface area contributed by atoms with Crippen LogP contribution >= 0.6 is 0 Å². The Bertz CT molecular complexity index is 782. The van der Waals surface area contributed by atoms with Crippen molar-refractivity contribution >= 4 is 0 Å². The van der Waals surface area contributed by atoms with Gasteiger partial charge in [-0.3, -0.25) is 0 Å². The van der Waals surface area contributed by atoms with Gasteiger partial charge in [0.2, 0.25) is 6.79 Å². The molecule has 0 saturated heterocycles. The second-order valence-electron chi connectivity index (χ2n) is 5.59. The van der Waals surface area contributed by atoms with Gasteiger partial charge in [-0.05, 0) is 31.5 Å². The topological polar surface area (TPSA) is 38.7 Å². The predicted molar refractivity (Wildman–Crippen MR) is 89.4 cm³/mol. The second-order valence-corrected chi connectivity index (χ2v) is 5.59. The molecule has 2 aromatic carbocycles. The molecule has 1 aliphatic heterocycles. The summed E-state index contributed by atoms with van der Waals surface area (Å²) in [5.41, 5.74) is 3.31. The van der Waals surface area contributed by atoms with Gasteiger partial charge in [0.1, 0.15) is 0 Å². The van der Waals surface area contributed by atoms with Crippen molar-refractivity contribution in [1.29, 1.82) is 0 Å². The standard InChI is InChI=1S/C20H18O3/c1-14(2)10-18(21)17-12-20-19(22-13-23-20)11-16(17)9-8-15-6-4-3-5-7-15/h3-7,11-12,18,21H,1,10,13H2,2H3. The summed E-state index contributed by atoms with van der Waals surface area (Å²) >= 11 is 0. The SMILES string of the molecule is C=C(C)CC(O)c1cc2c(cc1C#Cc1ccccc1)OCO2. The number of fused-ring (bicyclic) bond motifs is 1. The van der Waals surface area contributed by atoms with Crippen molar-refractivity contribution in [2.24, 2.45) is 0 Å². The summed E-state index contributed by atoms with van der Waals surface area (Å²) < 4.78 is 10.8. The summed E-state index contributed by atoms with van der Waals surface area (Å²) in [6, 6.07) is 13.4. The van der Waals surface area contributed by atoms with E-state index in [0.717, 1.165) is 22.3 Å². The van der Waals surface area contributed by atoms with Crippen LogP contribution in [0.25, 0.3) is 0 Å². The van der Waals surface area contributed by atoms with E-state index in [4.69, 9.17) is 9.47 Å². The normalized spacial score (nSPS) is 13.1. The maximum Gasteiger partial charge on any atom is 0.231 e. The van der Waals surface area contributed by atoms with Gasteiger partial charge in [-0.25, -0.2) is 0 Å². The van der Waals surface area contributed by atoms with Crippen LogP contribution in [-0.4, -0.2) is 11.9 Å². The molecule has 0 aliphatic carbocycles. The Balaban J connectivity index is 2.00. The van der Waals surface area contributed by atoms with Crippen LogP contribution in [0.5, 0.6) is 11.5 Å². The molecular formula is C20H18O3. The summed E-state index contributed by atoms with van der Waals surface area (Å²) in [5, 5.41) is 10.5. The van der Waals surface area contributed by atoms with Crippen LogP contribution in [0.4, 0.5) is 0 Å². The minimum absolute atomic E-state index is 0.195. The van der Waals surface area contributed by atoms with Gasteiger partial charge in [-0.1, -0.05) is 35.6 Å². The number of benzene rings is 2. The van der Waals surface area contributed by atoms with Crippen molar-refractivity contribution in [3.8, 4) is 23.3 Å². The number of aliphatic hydroxyl groups is 1. The third kappa shape index (κ3) is 3.56. The lowest BCUT2D eigenvalue weighted by atomic mass is 9.97. The van der Waals surface area contributed by atoms with Gasteiger partial charge < -0.3 is 14.6 Å². The van der Waals surface area contributed by atoms with Crippen molar-refractivity contribution in [3.63, 3.8) is 0 Å². The largest absolute Gasteiger partial charge is 0.454 e. The zero-order valence-electron chi connectivity index (χ0n) is 13.0. The van der Waals surface area contributed by atoms with Crippen LogP contribution < -0.4 is 9.47 Å². The number of aliphatic hydroxyl groups excluding tert-OH is 1. The van der Waals surface area contributed by atoms with Crippen LogP contribution in [0.1, 0.15) is 36.1 Å². The number of ether oxygens (including phenoxy) is 2. The van der Waals surface area contributed by atoms with Crippen LogP contribution in [0.15, 0.2) is 54.6 Å². The van der Waals surface area contributed by atoms with Gasteiger partial charge in [0.25, 0.3) is 0 Å². The fourth-order valence-electron chi connectivity index (χ4n) is 2.44. The van der Waals surface area contributed by atoms with E-state index in [9.17, 15) is 5.11 Å². The fourth-order valence-corrected chi connectivity index (χ4v) is 2.44. The lowest BCUT2D eigenvalue weighted by Gasteiger charge is -2.14. The summed E-state index contributed by atoms with van der Waals surface area (Å²) in [7, 11) is 0. The van der Waals surface area contributed by atoms with Crippen molar-refractivity contribution in [2.75, 3.05) is 6.79 Å². The molecule has 3 heteroatoms. The zero-order chi connectivity index (χ0) is 16.2. The zero-order valence-corrected chi connectivity index (χ0v) is 13.0. The maximum absolute atomic E-state index is 10.5. The van der Waals surface area contributed by atoms with E-state index in [1.54, 1.807) is 0 Å². The molecule has 0 aromatic heterocycles. The monoisotopic (exact) mass is 306 g/mol. The molecule has 23 heavy (non-hydrogen) atoms. The van der Waals surface area contributed by atoms with Crippen LogP contribution in [0.2, 0.25) is 0 Å². The average Bonchev–Trinajstić information content (AvgIpc) is 2.99. The van der Waals surface area contributed by atoms with Gasteiger partial charge in [0, 0.05) is 22.8 Å². The number of hydrogen-bond acceptors (Lipinski definition) is 3. The van der Waals surface area contributed by atoms with E-state index < -0.39 is 6.10 Å². The second kappa shape index (κ2) is 6.60. The van der Waals surface area contributed by atoms with E-state index in [0.29, 0.717) is 17.9 Å². The summed E-state index contributed by atoms with van der Waals surface area (Å²) in [6.07, 6.45) is -0.179. The number of hydrogen-bond donors (Lipinski definition) is 1. The summed E-state index contributed by atoms with van der Waals surface area (Å²) in [4.78, 5) is 0. The molecule has 0 spiro atoms. The predicted octanol–water partition coefficient (Wildman–Crippen LogP) is 3.81. The molecule has 2 aromatic rings. The third-order valence-corrected chi connectivity index (χ3v) is 3.56. The molecule has 3 rings (SSSR count). The Morgan fingerprint density at radius 1 is 1.17 bits per heavy atom. The van der Waals surface area contributed by atoms with Gasteiger partial charge >= 0.3 is 0 Å². The molecule has 1 heterocycles. The lowest BCUT2D eigenvalue weighted by Crippen LogP contribution is -2.01. The molecule has 1 atom stereocenters. The Morgan fingerprint density at radius 2 is 1.87 bits per heavy atom. The first-order chi connectivity index (χ1) is 11.1. The van der Waals surface area contributed by atoms with Crippen molar-refractivity contribution in [2.45, 2.75) is 19.4 Å². The van der Waals surface area contributed by atoms with Gasteiger partial charge in [-0.2, -0.15) is 0 Å². The highest BCUT2D eigenvalue weighted by Crippen LogP contribution is 2.37. The van der Waals surface area contributed by atoms with Gasteiger partial charge in [0.05, 0.1) is 6.10 Å². The Labute approximate surface area is 136 Å². The van der Waals surface area contributed by atoms with Crippen molar-refractivity contribution < 1.29 is 14.6 Å². The smallest absolute Gasteiger partial charge is 0.231 e. The van der Waals surface area contributed by atoms with Crippen molar-refractivity contribution in [3.05, 3.63) is 71.3 Å². The first-order valence-corrected chi connectivity index (χ1v) is 7.46. The molecule has 0 saturated carbocycles. The van der Waals surface area contributed by atoms with Crippen LogP contribution in [0.3, 0.4) is 0 Å². The molecule has 1 unspecified atom stereocenters. The average molecular weight is 306 g/mol. The molecular weight excluding hydrogens is 288 g/mol. The molecule has 116 valence electrons. The molecule has 3 nitrogen and oxygen atoms in total. The van der Waals surface area contributed by atoms with E-state index in [1.807, 2.05) is 49.4 Å².